The fraction of sp³-hybridized carbons (Fsp3) is 0.286. The monoisotopic (exact) mass is 672 g/mol. The van der Waals surface area contributed by atoms with Gasteiger partial charge in [0.2, 0.25) is 11.8 Å². The topological polar surface area (TPSA) is 220 Å². The summed E-state index contributed by atoms with van der Waals surface area (Å²) < 4.78 is 61.9. The number of carbonyl (C=O) groups excluding carboxylic acids is 6. The van der Waals surface area contributed by atoms with Crippen molar-refractivity contribution in [3.05, 3.63) is 60.7 Å². The number of allylic oxidation sites excluding steroid dienone is 2. The van der Waals surface area contributed by atoms with Crippen LogP contribution in [0.15, 0.2) is 70.5 Å². The van der Waals surface area contributed by atoms with Crippen molar-refractivity contribution >= 4 is 67.1 Å². The SMILES string of the molecule is CC(=O)Nc1ccc(S(=O)(=O)ON2C(=O)C3C4C=CC(C3C2=O)C2C(=O)N(OS(=O)(=O)c3ccc(NC(C)=O)cc3)C(=O)C42)cc1. The minimum Gasteiger partial charge on any atom is -0.326 e. The van der Waals surface area contributed by atoms with Gasteiger partial charge in [-0.25, -0.2) is 0 Å². The molecule has 2 aliphatic heterocycles. The molecule has 2 heterocycles. The van der Waals surface area contributed by atoms with Gasteiger partial charge in [0.05, 0.1) is 33.5 Å². The van der Waals surface area contributed by atoms with Crippen LogP contribution in [0.4, 0.5) is 11.4 Å². The first-order valence-electron chi connectivity index (χ1n) is 13.7. The molecule has 2 aromatic rings. The molecule has 1 saturated carbocycles. The Morgan fingerprint density at radius 2 is 0.848 bits per heavy atom. The molecule has 2 bridgehead atoms. The number of hydrogen-bond donors (Lipinski definition) is 2. The van der Waals surface area contributed by atoms with Crippen LogP contribution in [0.5, 0.6) is 0 Å². The first kappa shape index (κ1) is 31.2. The van der Waals surface area contributed by atoms with Crippen LogP contribution >= 0.6 is 0 Å². The second kappa shape index (κ2) is 10.9. The number of amides is 6. The van der Waals surface area contributed by atoms with Gasteiger partial charge in [-0.05, 0) is 48.5 Å². The lowest BCUT2D eigenvalue weighted by molar-refractivity contribution is -0.166. The summed E-state index contributed by atoms with van der Waals surface area (Å²) in [7, 11) is -9.43. The van der Waals surface area contributed by atoms with Crippen molar-refractivity contribution in [1.29, 1.82) is 0 Å². The number of imide groups is 2. The molecule has 2 N–H and O–H groups in total. The zero-order valence-electron chi connectivity index (χ0n) is 23.8. The third-order valence-electron chi connectivity index (χ3n) is 8.20. The van der Waals surface area contributed by atoms with E-state index in [1.807, 2.05) is 0 Å². The van der Waals surface area contributed by atoms with Crippen LogP contribution in [0.3, 0.4) is 0 Å². The minimum absolute atomic E-state index is 0.124. The van der Waals surface area contributed by atoms with Crippen LogP contribution in [-0.2, 0) is 57.6 Å². The molecule has 3 fully saturated rings. The quantitative estimate of drug-likeness (QED) is 0.290. The first-order chi connectivity index (χ1) is 21.6. The van der Waals surface area contributed by atoms with Crippen molar-refractivity contribution in [3.63, 3.8) is 0 Å². The maximum atomic E-state index is 13.5. The number of anilines is 2. The summed E-state index contributed by atoms with van der Waals surface area (Å²) in [5.41, 5.74) is 0.583. The molecule has 16 nitrogen and oxygen atoms in total. The van der Waals surface area contributed by atoms with E-state index in [0.717, 1.165) is 24.3 Å². The zero-order chi connectivity index (χ0) is 33.3. The highest BCUT2D eigenvalue weighted by molar-refractivity contribution is 7.87. The Bertz CT molecular complexity index is 1770. The van der Waals surface area contributed by atoms with Gasteiger partial charge < -0.3 is 10.6 Å². The van der Waals surface area contributed by atoms with Crippen molar-refractivity contribution in [2.45, 2.75) is 23.6 Å². The Morgan fingerprint density at radius 3 is 1.11 bits per heavy atom. The average molecular weight is 673 g/mol. The largest absolute Gasteiger partial charge is 0.326 e. The third kappa shape index (κ3) is 5.08. The predicted molar refractivity (Wildman–Crippen MR) is 152 cm³/mol. The summed E-state index contributed by atoms with van der Waals surface area (Å²) in [5, 5.41) is 5.18. The number of benzene rings is 2. The number of nitrogens with one attached hydrogen (secondary N) is 2. The molecule has 7 rings (SSSR count). The standard InChI is InChI=1S/C28H24N4O12S2/c1-13(33)29-15-3-7-17(8-4-15)45(39,40)43-31-25(35)21-19-11-12-20(22(21)26(31)36)24-23(19)27(37)32(28(24)38)44-46(41,42)18-9-5-16(6-10-18)30-14(2)34/h3-12,19-24H,1-2H3,(H,29,33)(H,30,34). The summed E-state index contributed by atoms with van der Waals surface area (Å²) in [4.78, 5) is 75.5. The number of carbonyl (C=O) groups is 6. The molecule has 0 radical (unpaired) electrons. The number of rotatable bonds is 8. The molecule has 0 spiro atoms. The van der Waals surface area contributed by atoms with Gasteiger partial charge in [0.25, 0.3) is 23.6 Å². The molecule has 240 valence electrons. The Labute approximate surface area is 261 Å². The van der Waals surface area contributed by atoms with Crippen molar-refractivity contribution in [2.75, 3.05) is 10.6 Å². The normalized spacial score (nSPS) is 26.7. The predicted octanol–water partition coefficient (Wildman–Crippen LogP) is 0.562. The van der Waals surface area contributed by atoms with E-state index in [1.165, 1.54) is 50.3 Å². The summed E-state index contributed by atoms with van der Waals surface area (Å²) in [6, 6.07) is 9.53. The highest BCUT2D eigenvalue weighted by atomic mass is 32.2. The maximum absolute atomic E-state index is 13.5. The van der Waals surface area contributed by atoms with Crippen LogP contribution in [0.1, 0.15) is 13.8 Å². The summed E-state index contributed by atoms with van der Waals surface area (Å²) >= 11 is 0. The van der Waals surface area contributed by atoms with Crippen LogP contribution in [0.2, 0.25) is 0 Å². The van der Waals surface area contributed by atoms with Gasteiger partial charge in [0.15, 0.2) is 0 Å². The molecule has 4 unspecified atom stereocenters. The Hall–Kier alpha value is -4.78. The second-order valence-electron chi connectivity index (χ2n) is 11.1. The molecule has 18 heteroatoms. The number of hydrogen-bond acceptors (Lipinski definition) is 12. The van der Waals surface area contributed by atoms with Crippen LogP contribution < -0.4 is 10.6 Å². The fourth-order valence-corrected chi connectivity index (χ4v) is 8.21. The van der Waals surface area contributed by atoms with Gasteiger partial charge in [-0.3, -0.25) is 28.8 Å². The van der Waals surface area contributed by atoms with E-state index in [4.69, 9.17) is 8.57 Å². The molecular weight excluding hydrogens is 648 g/mol. The lowest BCUT2D eigenvalue weighted by Crippen LogP contribution is -2.50. The Kier molecular flexibility index (Phi) is 7.42. The average Bonchev–Trinajstić information content (AvgIpc) is 3.39. The van der Waals surface area contributed by atoms with Crippen LogP contribution in [0.25, 0.3) is 0 Å². The molecule has 5 aliphatic rings. The highest BCUT2D eigenvalue weighted by Gasteiger charge is 2.70. The van der Waals surface area contributed by atoms with E-state index in [0.29, 0.717) is 11.4 Å². The van der Waals surface area contributed by atoms with Gasteiger partial charge >= 0.3 is 20.2 Å². The zero-order valence-corrected chi connectivity index (χ0v) is 25.5. The summed E-state index contributed by atoms with van der Waals surface area (Å²) in [6.07, 6.45) is 2.95. The van der Waals surface area contributed by atoms with E-state index in [2.05, 4.69) is 10.6 Å². The van der Waals surface area contributed by atoms with Gasteiger partial charge in [-0.2, -0.15) is 16.8 Å². The molecule has 2 aromatic carbocycles. The van der Waals surface area contributed by atoms with Crippen molar-refractivity contribution in [1.82, 2.24) is 10.1 Å². The van der Waals surface area contributed by atoms with Crippen molar-refractivity contribution < 1.29 is 54.2 Å². The van der Waals surface area contributed by atoms with Crippen LogP contribution in [0, 0.1) is 35.5 Å². The van der Waals surface area contributed by atoms with E-state index in [-0.39, 0.29) is 10.1 Å². The van der Waals surface area contributed by atoms with Gasteiger partial charge in [-0.1, -0.05) is 12.2 Å². The third-order valence-corrected chi connectivity index (χ3v) is 10.6. The Balaban J connectivity index is 1.21. The Morgan fingerprint density at radius 1 is 0.565 bits per heavy atom. The fourth-order valence-electron chi connectivity index (χ4n) is 6.42. The van der Waals surface area contributed by atoms with Crippen LogP contribution in [-0.4, -0.2) is 62.4 Å². The van der Waals surface area contributed by atoms with E-state index < -0.39 is 101 Å². The number of hydroxylamine groups is 4. The van der Waals surface area contributed by atoms with Crippen molar-refractivity contribution in [3.8, 4) is 0 Å². The molecule has 3 aliphatic carbocycles. The number of nitrogens with zero attached hydrogens (tertiary/aromatic N) is 2. The molecule has 4 atom stereocenters. The highest BCUT2D eigenvalue weighted by Crippen LogP contribution is 2.58. The minimum atomic E-state index is -4.71. The van der Waals surface area contributed by atoms with Gasteiger partial charge in [-0.15, -0.1) is 18.7 Å². The lowest BCUT2D eigenvalue weighted by Gasteiger charge is -2.44. The second-order valence-corrected chi connectivity index (χ2v) is 14.1. The van der Waals surface area contributed by atoms with E-state index >= 15 is 0 Å². The smallest absolute Gasteiger partial charge is 0.318 e. The lowest BCUT2D eigenvalue weighted by atomic mass is 9.54. The first-order valence-corrected chi connectivity index (χ1v) is 16.5. The summed E-state index contributed by atoms with van der Waals surface area (Å²) in [6.45, 7) is 2.52. The van der Waals surface area contributed by atoms with Gasteiger partial charge in [0.1, 0.15) is 0 Å². The molecule has 6 amide bonds. The molecule has 0 aromatic heterocycles. The summed E-state index contributed by atoms with van der Waals surface area (Å²) in [5.74, 6) is -12.2. The van der Waals surface area contributed by atoms with Gasteiger partial charge in [0, 0.05) is 37.1 Å². The van der Waals surface area contributed by atoms with Crippen molar-refractivity contribution in [2.24, 2.45) is 35.5 Å². The molecule has 2 saturated heterocycles. The van der Waals surface area contributed by atoms with E-state index in [9.17, 15) is 45.6 Å². The molecule has 46 heavy (non-hydrogen) atoms. The molecular formula is C28H24N4O12S2. The van der Waals surface area contributed by atoms with E-state index in [1.54, 1.807) is 0 Å². The maximum Gasteiger partial charge on any atom is 0.318 e.